The Morgan fingerprint density at radius 2 is 1.63 bits per heavy atom. The van der Waals surface area contributed by atoms with Gasteiger partial charge < -0.3 is 14.9 Å². The van der Waals surface area contributed by atoms with Crippen molar-refractivity contribution >= 4 is 11.9 Å². The lowest BCUT2D eigenvalue weighted by Crippen LogP contribution is -2.50. The minimum atomic E-state index is -0.224. The molecule has 4 atom stereocenters. The number of amides is 1. The summed E-state index contributed by atoms with van der Waals surface area (Å²) in [6.07, 6.45) is 10.5. The molecule has 7 nitrogen and oxygen atoms in total. The molecule has 2 saturated carbocycles. The van der Waals surface area contributed by atoms with Crippen LogP contribution < -0.4 is 4.90 Å². The van der Waals surface area contributed by atoms with Crippen molar-refractivity contribution in [3.63, 3.8) is 0 Å². The maximum Gasteiger partial charge on any atom is 0.257 e. The molecule has 5 rings (SSSR count). The quantitative estimate of drug-likeness (QED) is 0.817. The Hall–Kier alpha value is -1.73. The number of hydrogen-bond donors (Lipinski definition) is 1. The fourth-order valence-electron chi connectivity index (χ4n) is 6.15. The lowest BCUT2D eigenvalue weighted by atomic mass is 9.75. The zero-order valence-corrected chi connectivity index (χ0v) is 18.1. The molecule has 0 radical (unpaired) electrons. The number of anilines is 1. The van der Waals surface area contributed by atoms with E-state index >= 15 is 0 Å². The van der Waals surface area contributed by atoms with E-state index in [0.717, 1.165) is 64.1 Å². The van der Waals surface area contributed by atoms with Gasteiger partial charge in [0.15, 0.2) is 0 Å². The largest absolute Gasteiger partial charge is 0.393 e. The number of nitrogens with zero attached hydrogens (tertiary/aromatic N) is 5. The molecule has 1 aromatic heterocycles. The molecule has 0 aromatic carbocycles. The molecular weight excluding hydrogens is 378 g/mol. The van der Waals surface area contributed by atoms with Crippen LogP contribution in [0, 0.1) is 17.8 Å². The molecule has 7 heteroatoms. The van der Waals surface area contributed by atoms with Gasteiger partial charge in [0.2, 0.25) is 5.95 Å². The maximum absolute atomic E-state index is 13.0. The van der Waals surface area contributed by atoms with Crippen LogP contribution in [0.5, 0.6) is 0 Å². The van der Waals surface area contributed by atoms with Gasteiger partial charge in [-0.05, 0) is 43.4 Å². The van der Waals surface area contributed by atoms with Crippen LogP contribution in [0.1, 0.15) is 55.8 Å². The number of aromatic nitrogens is 2. The summed E-state index contributed by atoms with van der Waals surface area (Å²) in [7, 11) is 0. The van der Waals surface area contributed by atoms with E-state index in [-0.39, 0.29) is 12.0 Å². The van der Waals surface area contributed by atoms with Gasteiger partial charge in [0, 0.05) is 57.7 Å². The summed E-state index contributed by atoms with van der Waals surface area (Å²) in [6, 6.07) is 0.779. The van der Waals surface area contributed by atoms with Crippen LogP contribution in [0.4, 0.5) is 5.95 Å². The molecule has 1 aromatic rings. The Kier molecular flexibility index (Phi) is 5.67. The molecule has 4 aliphatic rings. The molecule has 30 heavy (non-hydrogen) atoms. The van der Waals surface area contributed by atoms with Gasteiger partial charge in [-0.15, -0.1) is 0 Å². The standard InChI is InChI=1S/C23H35N5O2/c1-16-10-17-14-28(15-18(17)11-21(16)29)22(30)19-12-24-23(25-13-19)27-8-6-26(7-9-27)20-4-2-3-5-20/h12-13,16-18,20-21,29H,2-11,14-15H2,1H3. The fourth-order valence-corrected chi connectivity index (χ4v) is 6.15. The van der Waals surface area contributed by atoms with Crippen molar-refractivity contribution in [3.05, 3.63) is 18.0 Å². The van der Waals surface area contributed by atoms with Gasteiger partial charge in [-0.2, -0.15) is 0 Å². The van der Waals surface area contributed by atoms with E-state index < -0.39 is 0 Å². The highest BCUT2D eigenvalue weighted by Crippen LogP contribution is 2.39. The average molecular weight is 414 g/mol. The lowest BCUT2D eigenvalue weighted by Gasteiger charge is -2.38. The Morgan fingerprint density at radius 1 is 1.00 bits per heavy atom. The minimum absolute atomic E-state index is 0.0316. The van der Waals surface area contributed by atoms with E-state index in [1.165, 1.54) is 25.7 Å². The van der Waals surface area contributed by atoms with Crippen LogP contribution in [-0.4, -0.2) is 82.2 Å². The number of fused-ring (bicyclic) bond motifs is 1. The third-order valence-corrected chi connectivity index (χ3v) is 8.06. The molecule has 0 bridgehead atoms. The van der Waals surface area contributed by atoms with E-state index in [0.29, 0.717) is 23.3 Å². The zero-order valence-electron chi connectivity index (χ0n) is 18.1. The second-order valence-electron chi connectivity index (χ2n) is 9.98. The van der Waals surface area contributed by atoms with Crippen LogP contribution in [0.3, 0.4) is 0 Å². The van der Waals surface area contributed by atoms with Crippen molar-refractivity contribution in [2.75, 3.05) is 44.2 Å². The smallest absolute Gasteiger partial charge is 0.257 e. The third kappa shape index (κ3) is 3.94. The predicted molar refractivity (Wildman–Crippen MR) is 115 cm³/mol. The molecular formula is C23H35N5O2. The van der Waals surface area contributed by atoms with Crippen LogP contribution in [0.25, 0.3) is 0 Å². The molecule has 164 valence electrons. The van der Waals surface area contributed by atoms with E-state index in [1.54, 1.807) is 12.4 Å². The van der Waals surface area contributed by atoms with Gasteiger partial charge in [-0.1, -0.05) is 19.8 Å². The molecule has 4 fully saturated rings. The van der Waals surface area contributed by atoms with E-state index in [1.807, 2.05) is 4.90 Å². The lowest BCUT2D eigenvalue weighted by molar-refractivity contribution is 0.0383. The fraction of sp³-hybridized carbons (Fsp3) is 0.783. The Bertz CT molecular complexity index is 724. The van der Waals surface area contributed by atoms with Gasteiger partial charge in [-0.25, -0.2) is 9.97 Å². The molecule has 2 aliphatic carbocycles. The summed E-state index contributed by atoms with van der Waals surface area (Å²) in [4.78, 5) is 28.9. The predicted octanol–water partition coefficient (Wildman–Crippen LogP) is 2.02. The summed E-state index contributed by atoms with van der Waals surface area (Å²) in [6.45, 7) is 7.74. The van der Waals surface area contributed by atoms with Gasteiger partial charge in [0.25, 0.3) is 5.91 Å². The number of rotatable bonds is 3. The van der Waals surface area contributed by atoms with E-state index in [4.69, 9.17) is 0 Å². The SMILES string of the molecule is CC1CC2CN(C(=O)c3cnc(N4CCN(C5CCCC5)CC4)nc3)CC2CC1O. The van der Waals surface area contributed by atoms with Crippen molar-refractivity contribution in [1.29, 1.82) is 0 Å². The summed E-state index contributed by atoms with van der Waals surface area (Å²) in [5, 5.41) is 10.2. The first-order chi connectivity index (χ1) is 14.6. The van der Waals surface area contributed by atoms with Gasteiger partial charge in [0.1, 0.15) is 0 Å². The number of carbonyl (C=O) groups is 1. The number of carbonyl (C=O) groups excluding carboxylic acids is 1. The molecule has 2 saturated heterocycles. The van der Waals surface area contributed by atoms with Crippen molar-refractivity contribution in [3.8, 4) is 0 Å². The first-order valence-corrected chi connectivity index (χ1v) is 11.9. The summed E-state index contributed by atoms with van der Waals surface area (Å²) >= 11 is 0. The summed E-state index contributed by atoms with van der Waals surface area (Å²) in [5.74, 6) is 2.05. The second kappa shape index (κ2) is 8.42. The monoisotopic (exact) mass is 413 g/mol. The third-order valence-electron chi connectivity index (χ3n) is 8.06. The van der Waals surface area contributed by atoms with Crippen molar-refractivity contribution < 1.29 is 9.90 Å². The summed E-state index contributed by atoms with van der Waals surface area (Å²) < 4.78 is 0. The first kappa shape index (κ1) is 20.2. The molecule has 4 unspecified atom stereocenters. The van der Waals surface area contributed by atoms with Crippen molar-refractivity contribution in [2.45, 2.75) is 57.6 Å². The molecule has 1 N–H and O–H groups in total. The first-order valence-electron chi connectivity index (χ1n) is 11.9. The molecule has 3 heterocycles. The van der Waals surface area contributed by atoms with Crippen molar-refractivity contribution in [2.24, 2.45) is 17.8 Å². The number of aliphatic hydroxyl groups excluding tert-OH is 1. The average Bonchev–Trinajstić information content (AvgIpc) is 3.44. The summed E-state index contributed by atoms with van der Waals surface area (Å²) in [5.41, 5.74) is 0.579. The van der Waals surface area contributed by atoms with Gasteiger partial charge in [0.05, 0.1) is 11.7 Å². The van der Waals surface area contributed by atoms with Gasteiger partial charge in [-0.3, -0.25) is 9.69 Å². The van der Waals surface area contributed by atoms with Crippen molar-refractivity contribution in [1.82, 2.24) is 19.8 Å². The van der Waals surface area contributed by atoms with Crippen LogP contribution in [-0.2, 0) is 0 Å². The number of likely N-dealkylation sites (tertiary alicyclic amines) is 1. The van der Waals surface area contributed by atoms with Crippen LogP contribution in [0.15, 0.2) is 12.4 Å². The van der Waals surface area contributed by atoms with E-state index in [2.05, 4.69) is 26.7 Å². The highest BCUT2D eigenvalue weighted by molar-refractivity contribution is 5.93. The Labute approximate surface area is 179 Å². The molecule has 2 aliphatic heterocycles. The van der Waals surface area contributed by atoms with E-state index in [9.17, 15) is 9.90 Å². The Morgan fingerprint density at radius 3 is 2.30 bits per heavy atom. The topological polar surface area (TPSA) is 72.8 Å². The highest BCUT2D eigenvalue weighted by Gasteiger charge is 2.41. The minimum Gasteiger partial charge on any atom is -0.393 e. The zero-order chi connectivity index (χ0) is 20.7. The second-order valence-corrected chi connectivity index (χ2v) is 9.98. The van der Waals surface area contributed by atoms with Crippen LogP contribution >= 0.6 is 0 Å². The highest BCUT2D eigenvalue weighted by atomic mass is 16.3. The Balaban J connectivity index is 1.17. The number of aliphatic hydroxyl groups is 1. The van der Waals surface area contributed by atoms with Crippen LogP contribution in [0.2, 0.25) is 0 Å². The van der Waals surface area contributed by atoms with Gasteiger partial charge >= 0.3 is 0 Å². The molecule has 1 amide bonds. The molecule has 0 spiro atoms. The normalized spacial score (nSPS) is 33.1. The maximum atomic E-state index is 13.0. The number of piperazine rings is 1. The number of hydrogen-bond acceptors (Lipinski definition) is 6.